The van der Waals surface area contributed by atoms with E-state index in [2.05, 4.69) is 18.0 Å². The van der Waals surface area contributed by atoms with Gasteiger partial charge in [-0.3, -0.25) is 4.79 Å². The van der Waals surface area contributed by atoms with Gasteiger partial charge in [-0.15, -0.1) is 0 Å². The number of hydrogen-bond acceptors (Lipinski definition) is 3. The van der Waals surface area contributed by atoms with Gasteiger partial charge in [0.25, 0.3) is 0 Å². The molecule has 0 N–H and O–H groups in total. The van der Waals surface area contributed by atoms with Crippen LogP contribution in [0.15, 0.2) is 11.6 Å². The maximum atomic E-state index is 11.2. The molecule has 0 aliphatic carbocycles. The fourth-order valence-electron chi connectivity index (χ4n) is 1.93. The zero-order valence-electron chi connectivity index (χ0n) is 9.25. The number of piperidine rings is 1. The van der Waals surface area contributed by atoms with Crippen LogP contribution in [0.2, 0.25) is 0 Å². The van der Waals surface area contributed by atoms with Gasteiger partial charge in [-0.05, 0) is 32.9 Å². The quantitative estimate of drug-likeness (QED) is 0.495. The Balaban J connectivity index is 2.55. The third-order valence-corrected chi connectivity index (χ3v) is 2.85. The van der Waals surface area contributed by atoms with E-state index in [9.17, 15) is 4.79 Å². The highest BCUT2D eigenvalue weighted by molar-refractivity contribution is 5.70. The summed E-state index contributed by atoms with van der Waals surface area (Å²) in [5, 5.41) is 0. The van der Waals surface area contributed by atoms with Gasteiger partial charge < -0.3 is 9.64 Å². The molecule has 0 aromatic rings. The van der Waals surface area contributed by atoms with Crippen molar-refractivity contribution >= 4 is 5.97 Å². The summed E-state index contributed by atoms with van der Waals surface area (Å²) in [5.74, 6) is 0.294. The second-order valence-electron chi connectivity index (χ2n) is 3.87. The molecule has 1 aliphatic heterocycles. The van der Waals surface area contributed by atoms with Gasteiger partial charge in [0, 0.05) is 6.54 Å². The molecule has 0 bridgehead atoms. The van der Waals surface area contributed by atoms with Gasteiger partial charge in [-0.25, -0.2) is 0 Å². The summed E-state index contributed by atoms with van der Waals surface area (Å²) in [6.45, 7) is 4.09. The Morgan fingerprint density at radius 1 is 1.71 bits per heavy atom. The molecule has 3 heteroatoms. The molecule has 1 rings (SSSR count). The van der Waals surface area contributed by atoms with Crippen molar-refractivity contribution in [1.29, 1.82) is 0 Å². The summed E-state index contributed by atoms with van der Waals surface area (Å²) in [6, 6.07) is 0. The summed E-state index contributed by atoms with van der Waals surface area (Å²) in [4.78, 5) is 13.4. The van der Waals surface area contributed by atoms with Crippen molar-refractivity contribution < 1.29 is 9.53 Å². The van der Waals surface area contributed by atoms with E-state index in [1.807, 2.05) is 6.92 Å². The van der Waals surface area contributed by atoms with Crippen LogP contribution in [-0.4, -0.2) is 38.1 Å². The van der Waals surface area contributed by atoms with Crippen LogP contribution in [0.5, 0.6) is 0 Å². The lowest BCUT2D eigenvalue weighted by atomic mass is 9.88. The number of rotatable bonds is 2. The number of allylic oxidation sites excluding steroid dienone is 1. The van der Waals surface area contributed by atoms with Crippen LogP contribution in [0.4, 0.5) is 0 Å². The smallest absolute Gasteiger partial charge is 0.306 e. The van der Waals surface area contributed by atoms with Crippen LogP contribution < -0.4 is 0 Å². The minimum atomic E-state index is -0.0982. The van der Waals surface area contributed by atoms with Crippen molar-refractivity contribution in [1.82, 2.24) is 4.90 Å². The first-order valence-electron chi connectivity index (χ1n) is 5.07. The van der Waals surface area contributed by atoms with Gasteiger partial charge in [0.15, 0.2) is 0 Å². The first kappa shape index (κ1) is 11.2. The molecule has 0 amide bonds. The zero-order chi connectivity index (χ0) is 10.6. The van der Waals surface area contributed by atoms with Gasteiger partial charge in [-0.2, -0.15) is 0 Å². The minimum Gasteiger partial charge on any atom is -0.469 e. The minimum absolute atomic E-state index is 0.0982. The molecule has 0 radical (unpaired) electrons. The molecule has 0 aromatic heterocycles. The maximum absolute atomic E-state index is 11.2. The van der Waals surface area contributed by atoms with E-state index in [1.165, 1.54) is 12.7 Å². The molecule has 1 heterocycles. The predicted octanol–water partition coefficient (Wildman–Crippen LogP) is 1.45. The standard InChI is InChI=1S/C11H19NO2/c1-4-9-8-12(2)6-5-10(9)7-11(13)14-3/h4,10H,5-8H2,1-3H3/b9-4+. The number of likely N-dealkylation sites (N-methyl/N-ethyl adjacent to an activating group) is 1. The molecule has 0 saturated carbocycles. The Morgan fingerprint density at radius 3 is 3.00 bits per heavy atom. The van der Waals surface area contributed by atoms with Gasteiger partial charge in [-0.1, -0.05) is 11.6 Å². The monoisotopic (exact) mass is 197 g/mol. The average Bonchev–Trinajstić information content (AvgIpc) is 2.20. The molecule has 80 valence electrons. The largest absolute Gasteiger partial charge is 0.469 e. The third kappa shape index (κ3) is 2.84. The number of carbonyl (C=O) groups is 1. The highest BCUT2D eigenvalue weighted by Crippen LogP contribution is 2.25. The molecular weight excluding hydrogens is 178 g/mol. The lowest BCUT2D eigenvalue weighted by Crippen LogP contribution is -2.33. The molecular formula is C11H19NO2. The highest BCUT2D eigenvalue weighted by Gasteiger charge is 2.23. The Bertz CT molecular complexity index is 235. The molecule has 1 aliphatic rings. The fourth-order valence-corrected chi connectivity index (χ4v) is 1.93. The lowest BCUT2D eigenvalue weighted by Gasteiger charge is -2.31. The third-order valence-electron chi connectivity index (χ3n) is 2.85. The van der Waals surface area contributed by atoms with Gasteiger partial charge >= 0.3 is 5.97 Å². The van der Waals surface area contributed by atoms with Crippen molar-refractivity contribution in [2.24, 2.45) is 5.92 Å². The summed E-state index contributed by atoms with van der Waals surface area (Å²) < 4.78 is 4.69. The van der Waals surface area contributed by atoms with E-state index in [1.54, 1.807) is 0 Å². The van der Waals surface area contributed by atoms with Crippen LogP contribution in [0.25, 0.3) is 0 Å². The van der Waals surface area contributed by atoms with E-state index < -0.39 is 0 Å². The van der Waals surface area contributed by atoms with Crippen LogP contribution in [0.1, 0.15) is 19.8 Å². The van der Waals surface area contributed by atoms with E-state index >= 15 is 0 Å². The van der Waals surface area contributed by atoms with Gasteiger partial charge in [0.1, 0.15) is 0 Å². The molecule has 14 heavy (non-hydrogen) atoms. The van der Waals surface area contributed by atoms with E-state index in [0.717, 1.165) is 19.5 Å². The number of methoxy groups -OCH3 is 1. The number of nitrogens with zero attached hydrogens (tertiary/aromatic N) is 1. The van der Waals surface area contributed by atoms with E-state index in [0.29, 0.717) is 12.3 Å². The molecule has 0 aromatic carbocycles. The zero-order valence-corrected chi connectivity index (χ0v) is 9.25. The first-order valence-corrected chi connectivity index (χ1v) is 5.07. The maximum Gasteiger partial charge on any atom is 0.306 e. The summed E-state index contributed by atoms with van der Waals surface area (Å²) in [6.07, 6.45) is 3.72. The second kappa shape index (κ2) is 5.15. The van der Waals surface area contributed by atoms with Crippen LogP contribution >= 0.6 is 0 Å². The first-order chi connectivity index (χ1) is 6.67. The molecule has 1 fully saturated rings. The predicted molar refractivity (Wildman–Crippen MR) is 56.0 cm³/mol. The number of likely N-dealkylation sites (tertiary alicyclic amines) is 1. The van der Waals surface area contributed by atoms with Crippen molar-refractivity contribution in [2.45, 2.75) is 19.8 Å². The topological polar surface area (TPSA) is 29.5 Å². The normalized spacial score (nSPS) is 26.5. The number of ether oxygens (including phenoxy) is 1. The Kier molecular flexibility index (Phi) is 4.14. The molecule has 1 atom stereocenters. The molecule has 0 spiro atoms. The fraction of sp³-hybridized carbons (Fsp3) is 0.727. The molecule has 1 saturated heterocycles. The Hall–Kier alpha value is -0.830. The Labute approximate surface area is 85.7 Å². The Morgan fingerprint density at radius 2 is 2.43 bits per heavy atom. The van der Waals surface area contributed by atoms with Crippen molar-refractivity contribution in [2.75, 3.05) is 27.2 Å². The van der Waals surface area contributed by atoms with Crippen LogP contribution in [0.3, 0.4) is 0 Å². The molecule has 3 nitrogen and oxygen atoms in total. The summed E-state index contributed by atoms with van der Waals surface area (Å²) in [7, 11) is 3.56. The number of carbonyl (C=O) groups excluding carboxylic acids is 1. The van der Waals surface area contributed by atoms with Crippen LogP contribution in [-0.2, 0) is 9.53 Å². The van der Waals surface area contributed by atoms with Crippen molar-refractivity contribution in [3.63, 3.8) is 0 Å². The summed E-state index contributed by atoms with van der Waals surface area (Å²) in [5.41, 5.74) is 1.36. The van der Waals surface area contributed by atoms with Crippen molar-refractivity contribution in [3.05, 3.63) is 11.6 Å². The SMILES string of the molecule is C/C=C1\CN(C)CCC1CC(=O)OC. The number of hydrogen-bond donors (Lipinski definition) is 0. The van der Waals surface area contributed by atoms with E-state index in [4.69, 9.17) is 4.74 Å². The average molecular weight is 197 g/mol. The number of esters is 1. The van der Waals surface area contributed by atoms with Crippen LogP contribution in [0, 0.1) is 5.92 Å². The summed E-state index contributed by atoms with van der Waals surface area (Å²) >= 11 is 0. The second-order valence-corrected chi connectivity index (χ2v) is 3.87. The van der Waals surface area contributed by atoms with Crippen molar-refractivity contribution in [3.8, 4) is 0 Å². The highest BCUT2D eigenvalue weighted by atomic mass is 16.5. The van der Waals surface area contributed by atoms with Gasteiger partial charge in [0.05, 0.1) is 13.5 Å². The van der Waals surface area contributed by atoms with Gasteiger partial charge in [0.2, 0.25) is 0 Å². The van der Waals surface area contributed by atoms with E-state index in [-0.39, 0.29) is 5.97 Å². The lowest BCUT2D eigenvalue weighted by molar-refractivity contribution is -0.141. The molecule has 1 unspecified atom stereocenters.